The molecule has 0 aliphatic carbocycles. The van der Waals surface area contributed by atoms with Crippen LogP contribution in [0.3, 0.4) is 0 Å². The molecule has 0 bridgehead atoms. The normalized spacial score (nSPS) is 0.800. The van der Waals surface area contributed by atoms with Crippen molar-refractivity contribution in [2.75, 3.05) is 0 Å². The van der Waals surface area contributed by atoms with E-state index in [0.717, 1.165) is 0 Å². The minimum atomic E-state index is 0. The Morgan fingerprint density at radius 1 is 0.267 bits per heavy atom. The van der Waals surface area contributed by atoms with Crippen molar-refractivity contribution in [1.82, 2.24) is 0 Å². The van der Waals surface area contributed by atoms with E-state index in [4.69, 9.17) is 0 Å². The Labute approximate surface area is 374 Å². The largest absolute Gasteiger partial charge is 0.346 e. The topological polar surface area (TPSA) is 0 Å². The fourth-order valence-corrected chi connectivity index (χ4v) is 0. The zero-order valence-corrected chi connectivity index (χ0v) is 41.0. The Bertz CT molecular complexity index is 12.5. The maximum absolute atomic E-state index is 3.25. The summed E-state index contributed by atoms with van der Waals surface area (Å²) < 4.78 is 0. The van der Waals surface area contributed by atoms with Crippen molar-refractivity contribution < 1.29 is 360 Å². The third-order valence-electron chi connectivity index (χ3n) is 0. The second kappa shape index (κ2) is 112. The van der Waals surface area contributed by atoms with Crippen molar-refractivity contribution in [3.63, 3.8) is 0 Å². The van der Waals surface area contributed by atoms with Gasteiger partial charge in [0.1, 0.15) is 0 Å². The number of hydrogen-bond donors (Lipinski definition) is 0. The molecular weight excluding hydrogens is 1030 g/mol. The molecule has 0 nitrogen and oxygen atoms in total. The maximum atomic E-state index is 3.25. The van der Waals surface area contributed by atoms with Gasteiger partial charge in [-0.2, -0.15) is 13.8 Å². The molecule has 0 aliphatic rings. The Morgan fingerprint density at radius 2 is 0.267 bits per heavy atom. The molecule has 0 N–H and O–H groups in total. The predicted octanol–water partition coefficient (Wildman–Crippen LogP) is 1.65. The van der Waals surface area contributed by atoms with Gasteiger partial charge in [-0.05, 0) is 0 Å². The van der Waals surface area contributed by atoms with Gasteiger partial charge in [-0.3, -0.25) is 0 Å². The van der Waals surface area contributed by atoms with Gasteiger partial charge in [0, 0.05) is 360 Å². The quantitative estimate of drug-likeness (QED) is 0.325. The van der Waals surface area contributed by atoms with E-state index < -0.39 is 0 Å². The molecule has 0 aliphatic heterocycles. The molecule has 0 aromatic rings. The number of rotatable bonds is 0. The van der Waals surface area contributed by atoms with Crippen LogP contribution in [0.1, 0.15) is 13.8 Å². The van der Waals surface area contributed by atoms with Gasteiger partial charge in [0.05, 0.1) is 0 Å². The first-order valence-electron chi connectivity index (χ1n) is 1.41. The molecule has 61 valence electrons. The molecule has 0 saturated heterocycles. The zero-order chi connectivity index (χ0) is 4.00. The van der Waals surface area contributed by atoms with Crippen LogP contribution in [0, 0.1) is 13.8 Å². The summed E-state index contributed by atoms with van der Waals surface area (Å²) >= 11 is 0. The molecule has 0 spiro atoms. The fourth-order valence-electron chi connectivity index (χ4n) is 0. The Hall–Kier alpha value is 12.1. The van der Waals surface area contributed by atoms with Gasteiger partial charge >= 0.3 is 0 Å². The molecule has 0 heterocycles. The molecule has 0 unspecified atom stereocenters. The summed E-state index contributed by atoms with van der Waals surface area (Å²) in [5.41, 5.74) is 0. The summed E-state index contributed by atoms with van der Waals surface area (Å²) in [6.45, 7) is 10.0. The van der Waals surface area contributed by atoms with Crippen molar-refractivity contribution in [2.45, 2.75) is 13.8 Å². The van der Waals surface area contributed by atoms with E-state index in [1.165, 1.54) is 0 Å². The van der Waals surface area contributed by atoms with Gasteiger partial charge in [0.2, 0.25) is 0 Å². The molecule has 0 fully saturated rings. The van der Waals surface area contributed by atoms with Gasteiger partial charge in [-0.15, -0.1) is 0 Å². The maximum Gasteiger partial charge on any atom is 0 e. The molecule has 0 aromatic carbocycles. The summed E-state index contributed by atoms with van der Waals surface area (Å²) in [7, 11) is 0. The molecular formula is C4H10Y11-2. The van der Waals surface area contributed by atoms with Crippen LogP contribution in [0.5, 0.6) is 0 Å². The van der Waals surface area contributed by atoms with Crippen LogP contribution in [0.15, 0.2) is 0 Å². The first kappa shape index (κ1) is 92.7. The molecule has 0 rings (SSSR count). The van der Waals surface area contributed by atoms with E-state index in [0.29, 0.717) is 0 Å². The van der Waals surface area contributed by atoms with E-state index in [2.05, 4.69) is 13.8 Å². The van der Waals surface area contributed by atoms with Crippen LogP contribution in [0.25, 0.3) is 0 Å². The van der Waals surface area contributed by atoms with Crippen LogP contribution in [0.4, 0.5) is 0 Å². The van der Waals surface area contributed by atoms with Crippen molar-refractivity contribution in [3.8, 4) is 0 Å². The predicted molar refractivity (Wildman–Crippen MR) is 22.1 cm³/mol. The van der Waals surface area contributed by atoms with Crippen molar-refractivity contribution >= 4 is 0 Å². The summed E-state index contributed by atoms with van der Waals surface area (Å²) in [4.78, 5) is 0. The first-order chi connectivity index (χ1) is 2.00. The average molecular weight is 1040 g/mol. The van der Waals surface area contributed by atoms with Crippen LogP contribution >= 0.6 is 0 Å². The Balaban J connectivity index is -0.000000000280. The average Bonchev–Trinajstić information content (AvgIpc) is 1.50. The molecule has 0 aromatic heterocycles. The number of hydrogen-bond acceptors (Lipinski definition) is 0. The van der Waals surface area contributed by atoms with Gasteiger partial charge < -0.3 is 13.8 Å². The smallest absolute Gasteiger partial charge is 0 e. The van der Waals surface area contributed by atoms with Crippen LogP contribution in [-0.2, 0) is 360 Å². The Morgan fingerprint density at radius 3 is 0.267 bits per heavy atom. The zero-order valence-electron chi connectivity index (χ0n) is 9.77. The monoisotopic (exact) mass is 1040 g/mol. The molecule has 0 amide bonds. The van der Waals surface area contributed by atoms with E-state index >= 15 is 0 Å². The van der Waals surface area contributed by atoms with E-state index in [1.807, 2.05) is 0 Å². The van der Waals surface area contributed by atoms with Gasteiger partial charge in [-0.1, -0.05) is 0 Å². The molecule has 11 heteroatoms. The summed E-state index contributed by atoms with van der Waals surface area (Å²) in [6.07, 6.45) is 0. The summed E-state index contributed by atoms with van der Waals surface area (Å²) in [5.74, 6) is 0. The van der Waals surface area contributed by atoms with Crippen LogP contribution in [-0.4, -0.2) is 0 Å². The van der Waals surface area contributed by atoms with Crippen molar-refractivity contribution in [2.24, 2.45) is 0 Å². The van der Waals surface area contributed by atoms with Crippen molar-refractivity contribution in [1.29, 1.82) is 0 Å². The standard InChI is InChI=1S/2C2H5.11Y/c2*1-2;;;;;;;;;;;/h2*1H2,2H3;;;;;;;;;;;/q2*-1;;;;;;;;;;;. The molecule has 0 saturated carbocycles. The van der Waals surface area contributed by atoms with E-state index in [9.17, 15) is 0 Å². The summed E-state index contributed by atoms with van der Waals surface area (Å²) in [6, 6.07) is 0. The molecule has 11 radical (unpaired) electrons. The summed E-state index contributed by atoms with van der Waals surface area (Å²) in [5, 5.41) is 0. The SMILES string of the molecule is [CH2-]C.[CH2-]C.[Y].[Y].[Y].[Y].[Y].[Y].[Y].[Y].[Y].[Y].[Y]. The second-order valence-electron chi connectivity index (χ2n) is 0. The van der Waals surface area contributed by atoms with Gasteiger partial charge in [0.15, 0.2) is 0 Å². The fraction of sp³-hybridized carbons (Fsp3) is 0.500. The minimum absolute atomic E-state index is 0. The first-order valence-corrected chi connectivity index (χ1v) is 1.41. The van der Waals surface area contributed by atoms with Crippen LogP contribution < -0.4 is 0 Å². The van der Waals surface area contributed by atoms with E-state index in [-0.39, 0.29) is 360 Å². The minimum Gasteiger partial charge on any atom is -0.346 e. The van der Waals surface area contributed by atoms with Crippen molar-refractivity contribution in [3.05, 3.63) is 13.8 Å². The second-order valence-corrected chi connectivity index (χ2v) is 0. The molecule has 0 atom stereocenters. The molecule has 15 heavy (non-hydrogen) atoms. The van der Waals surface area contributed by atoms with E-state index in [1.54, 1.807) is 13.8 Å². The van der Waals surface area contributed by atoms with Gasteiger partial charge in [0.25, 0.3) is 0 Å². The third-order valence-corrected chi connectivity index (χ3v) is 0. The van der Waals surface area contributed by atoms with Crippen LogP contribution in [0.2, 0.25) is 0 Å². The Kier molecular flexibility index (Phi) is 693. The van der Waals surface area contributed by atoms with Gasteiger partial charge in [-0.25, -0.2) is 0 Å². The third kappa shape index (κ3) is 103.